The van der Waals surface area contributed by atoms with Crippen molar-refractivity contribution in [3.05, 3.63) is 35.2 Å². The number of nitrogens with zero attached hydrogens (tertiary/aromatic N) is 1. The number of benzene rings is 1. The average molecular weight is 261 g/mol. The number of carbonyl (C=O) groups is 1. The minimum absolute atomic E-state index is 0.435. The number of thiophene rings is 1. The Morgan fingerprint density at radius 1 is 1.44 bits per heavy atom. The van der Waals surface area contributed by atoms with Gasteiger partial charge in [0, 0.05) is 10.7 Å². The second-order valence-corrected chi connectivity index (χ2v) is 5.74. The molecule has 3 rings (SSSR count). The number of carboxylic acid groups (broad SMARTS) is 1. The molecule has 1 saturated carbocycles. The van der Waals surface area contributed by atoms with Gasteiger partial charge in [-0.25, -0.2) is 0 Å². The molecule has 1 aromatic carbocycles. The molecule has 0 aliphatic heterocycles. The predicted octanol–water partition coefficient (Wildman–Crippen LogP) is 3.12. The SMILES string of the molecule is CN(C1CC1)C(C(=O)O)c1csc2ccccc12. The van der Waals surface area contributed by atoms with Gasteiger partial charge in [0.15, 0.2) is 0 Å². The summed E-state index contributed by atoms with van der Waals surface area (Å²) < 4.78 is 1.16. The van der Waals surface area contributed by atoms with Crippen LogP contribution < -0.4 is 0 Å². The highest BCUT2D eigenvalue weighted by Gasteiger charge is 2.36. The van der Waals surface area contributed by atoms with Gasteiger partial charge in [-0.1, -0.05) is 18.2 Å². The lowest BCUT2D eigenvalue weighted by molar-refractivity contribution is -0.143. The topological polar surface area (TPSA) is 40.5 Å². The fraction of sp³-hybridized carbons (Fsp3) is 0.357. The van der Waals surface area contributed by atoms with Crippen molar-refractivity contribution in [3.63, 3.8) is 0 Å². The quantitative estimate of drug-likeness (QED) is 0.919. The van der Waals surface area contributed by atoms with Gasteiger partial charge in [-0.15, -0.1) is 11.3 Å². The maximum absolute atomic E-state index is 11.6. The van der Waals surface area contributed by atoms with Gasteiger partial charge in [0.1, 0.15) is 6.04 Å². The first-order chi connectivity index (χ1) is 8.68. The molecule has 1 atom stereocenters. The number of likely N-dealkylation sites (N-methyl/N-ethyl adjacent to an activating group) is 1. The Bertz CT molecular complexity index is 588. The highest BCUT2D eigenvalue weighted by molar-refractivity contribution is 7.17. The molecule has 1 aliphatic carbocycles. The molecule has 1 aliphatic rings. The third-order valence-corrected chi connectivity index (χ3v) is 4.55. The molecule has 1 fully saturated rings. The zero-order valence-electron chi connectivity index (χ0n) is 10.2. The van der Waals surface area contributed by atoms with Crippen molar-refractivity contribution in [3.8, 4) is 0 Å². The second-order valence-electron chi connectivity index (χ2n) is 4.82. The summed E-state index contributed by atoms with van der Waals surface area (Å²) in [4.78, 5) is 13.6. The van der Waals surface area contributed by atoms with Gasteiger partial charge in [-0.2, -0.15) is 0 Å². The Morgan fingerprint density at radius 3 is 2.83 bits per heavy atom. The van der Waals surface area contributed by atoms with Crippen molar-refractivity contribution < 1.29 is 9.90 Å². The van der Waals surface area contributed by atoms with Crippen LogP contribution in [0.4, 0.5) is 0 Å². The second kappa shape index (κ2) is 4.37. The summed E-state index contributed by atoms with van der Waals surface area (Å²) in [7, 11) is 1.92. The average Bonchev–Trinajstić information content (AvgIpc) is 3.12. The normalized spacial score (nSPS) is 17.2. The first-order valence-electron chi connectivity index (χ1n) is 6.09. The summed E-state index contributed by atoms with van der Waals surface area (Å²) >= 11 is 1.62. The lowest BCUT2D eigenvalue weighted by Gasteiger charge is -2.24. The molecule has 18 heavy (non-hydrogen) atoms. The van der Waals surface area contributed by atoms with Gasteiger partial charge >= 0.3 is 5.97 Å². The first-order valence-corrected chi connectivity index (χ1v) is 6.97. The van der Waals surface area contributed by atoms with E-state index in [-0.39, 0.29) is 0 Å². The van der Waals surface area contributed by atoms with Gasteiger partial charge in [-0.05, 0) is 42.3 Å². The number of fused-ring (bicyclic) bond motifs is 1. The van der Waals surface area contributed by atoms with Gasteiger partial charge in [0.2, 0.25) is 0 Å². The molecule has 3 nitrogen and oxygen atoms in total. The van der Waals surface area contributed by atoms with Gasteiger partial charge in [0.05, 0.1) is 0 Å². The Balaban J connectivity index is 2.06. The Hall–Kier alpha value is -1.39. The van der Waals surface area contributed by atoms with Gasteiger partial charge < -0.3 is 5.11 Å². The summed E-state index contributed by atoms with van der Waals surface area (Å²) in [6.07, 6.45) is 2.23. The molecule has 1 heterocycles. The summed E-state index contributed by atoms with van der Waals surface area (Å²) in [5, 5.41) is 12.6. The molecule has 1 aromatic heterocycles. The molecule has 1 unspecified atom stereocenters. The minimum Gasteiger partial charge on any atom is -0.480 e. The fourth-order valence-electron chi connectivity index (χ4n) is 2.43. The van der Waals surface area contributed by atoms with Crippen LogP contribution >= 0.6 is 11.3 Å². The van der Waals surface area contributed by atoms with Gasteiger partial charge in [-0.3, -0.25) is 9.69 Å². The summed E-state index contributed by atoms with van der Waals surface area (Å²) in [6.45, 7) is 0. The van der Waals surface area contributed by atoms with E-state index in [0.717, 1.165) is 28.5 Å². The van der Waals surface area contributed by atoms with Crippen LogP contribution in [0.25, 0.3) is 10.1 Å². The molecule has 4 heteroatoms. The number of hydrogen-bond acceptors (Lipinski definition) is 3. The van der Waals surface area contributed by atoms with Crippen LogP contribution in [0.3, 0.4) is 0 Å². The molecule has 0 spiro atoms. The summed E-state index contributed by atoms with van der Waals surface area (Å²) in [5.41, 5.74) is 0.928. The molecular formula is C14H15NO2S. The van der Waals surface area contributed by atoms with E-state index >= 15 is 0 Å². The van der Waals surface area contributed by atoms with E-state index < -0.39 is 12.0 Å². The third kappa shape index (κ3) is 1.91. The van der Waals surface area contributed by atoms with E-state index in [0.29, 0.717) is 6.04 Å². The summed E-state index contributed by atoms with van der Waals surface area (Å²) in [6, 6.07) is 7.92. The van der Waals surface area contributed by atoms with Crippen molar-refractivity contribution >= 4 is 27.4 Å². The predicted molar refractivity (Wildman–Crippen MR) is 73.0 cm³/mol. The molecule has 0 bridgehead atoms. The van der Waals surface area contributed by atoms with E-state index in [1.807, 2.05) is 41.6 Å². The van der Waals surface area contributed by atoms with Crippen molar-refractivity contribution in [2.24, 2.45) is 0 Å². The Labute approximate surface area is 110 Å². The molecule has 2 aromatic rings. The van der Waals surface area contributed by atoms with E-state index in [2.05, 4.69) is 0 Å². The lowest BCUT2D eigenvalue weighted by Crippen LogP contribution is -2.32. The Morgan fingerprint density at radius 2 is 2.17 bits per heavy atom. The van der Waals surface area contributed by atoms with Crippen LogP contribution in [-0.4, -0.2) is 29.1 Å². The van der Waals surface area contributed by atoms with Gasteiger partial charge in [0.25, 0.3) is 0 Å². The van der Waals surface area contributed by atoms with E-state index in [4.69, 9.17) is 0 Å². The lowest BCUT2D eigenvalue weighted by atomic mass is 10.0. The zero-order chi connectivity index (χ0) is 12.7. The van der Waals surface area contributed by atoms with Crippen LogP contribution in [0.15, 0.2) is 29.6 Å². The van der Waals surface area contributed by atoms with Crippen molar-refractivity contribution in [2.45, 2.75) is 24.9 Å². The standard InChI is InChI=1S/C14H15NO2S/c1-15(9-6-7-9)13(14(16)17)11-8-18-12-5-3-2-4-10(11)12/h2-5,8-9,13H,6-7H2,1H3,(H,16,17). The molecule has 94 valence electrons. The molecule has 0 radical (unpaired) electrons. The largest absolute Gasteiger partial charge is 0.480 e. The smallest absolute Gasteiger partial charge is 0.325 e. The maximum atomic E-state index is 11.6. The molecular weight excluding hydrogens is 246 g/mol. The number of hydrogen-bond donors (Lipinski definition) is 1. The fourth-order valence-corrected chi connectivity index (χ4v) is 3.41. The van der Waals surface area contributed by atoms with Crippen molar-refractivity contribution in [1.82, 2.24) is 4.90 Å². The maximum Gasteiger partial charge on any atom is 0.325 e. The van der Waals surface area contributed by atoms with Crippen molar-refractivity contribution in [2.75, 3.05) is 7.05 Å². The number of carboxylic acids is 1. The highest BCUT2D eigenvalue weighted by Crippen LogP contribution is 2.37. The van der Waals surface area contributed by atoms with E-state index in [9.17, 15) is 9.90 Å². The highest BCUT2D eigenvalue weighted by atomic mass is 32.1. The number of rotatable bonds is 4. The van der Waals surface area contributed by atoms with Crippen LogP contribution in [0.1, 0.15) is 24.4 Å². The Kier molecular flexibility index (Phi) is 2.84. The van der Waals surface area contributed by atoms with E-state index in [1.54, 1.807) is 11.3 Å². The van der Waals surface area contributed by atoms with Crippen LogP contribution in [0.2, 0.25) is 0 Å². The van der Waals surface area contributed by atoms with Crippen LogP contribution in [-0.2, 0) is 4.79 Å². The minimum atomic E-state index is -0.757. The summed E-state index contributed by atoms with van der Waals surface area (Å²) in [5.74, 6) is -0.757. The third-order valence-electron chi connectivity index (χ3n) is 3.57. The van der Waals surface area contributed by atoms with Crippen LogP contribution in [0, 0.1) is 0 Å². The molecule has 0 saturated heterocycles. The molecule has 1 N–H and O–H groups in total. The van der Waals surface area contributed by atoms with E-state index in [1.165, 1.54) is 0 Å². The van der Waals surface area contributed by atoms with Crippen LogP contribution in [0.5, 0.6) is 0 Å². The first kappa shape index (κ1) is 11.7. The number of aliphatic carboxylic acids is 1. The zero-order valence-corrected chi connectivity index (χ0v) is 11.0. The molecule has 0 amide bonds. The van der Waals surface area contributed by atoms with Crippen molar-refractivity contribution in [1.29, 1.82) is 0 Å². The monoisotopic (exact) mass is 261 g/mol.